The van der Waals surface area contributed by atoms with Crippen molar-refractivity contribution in [2.24, 2.45) is 5.92 Å². The second kappa shape index (κ2) is 6.66. The lowest BCUT2D eigenvalue weighted by molar-refractivity contribution is -0.135. The van der Waals surface area contributed by atoms with Crippen LogP contribution in [0.25, 0.3) is 22.2 Å². The van der Waals surface area contributed by atoms with Gasteiger partial charge in [0, 0.05) is 35.5 Å². The van der Waals surface area contributed by atoms with Crippen molar-refractivity contribution in [3.63, 3.8) is 0 Å². The van der Waals surface area contributed by atoms with Gasteiger partial charge in [-0.3, -0.25) is 9.59 Å². The van der Waals surface area contributed by atoms with Gasteiger partial charge in [0.1, 0.15) is 5.65 Å². The van der Waals surface area contributed by atoms with Crippen LogP contribution in [0.2, 0.25) is 0 Å². The Hall–Kier alpha value is -2.95. The standard InChI is InChI=1S/C19H19N3O2/c1-12(2)9-17(23)19(24)22-14-6-3-5-13(10-14)16-11-21-18-15(16)7-4-8-20-18/h3-8,10-12H,9H2,1-2H3,(H,20,21)(H,22,24). The number of ketones is 1. The number of fused-ring (bicyclic) bond motifs is 1. The second-order valence-electron chi connectivity index (χ2n) is 6.16. The van der Waals surface area contributed by atoms with Crippen LogP contribution in [-0.2, 0) is 9.59 Å². The minimum atomic E-state index is -0.568. The number of hydrogen-bond acceptors (Lipinski definition) is 3. The number of anilines is 1. The number of amides is 1. The molecule has 0 aliphatic rings. The van der Waals surface area contributed by atoms with Gasteiger partial charge in [-0.15, -0.1) is 0 Å². The summed E-state index contributed by atoms with van der Waals surface area (Å²) in [5, 5.41) is 3.69. The fourth-order valence-electron chi connectivity index (χ4n) is 2.62. The maximum atomic E-state index is 12.0. The normalized spacial score (nSPS) is 11.0. The summed E-state index contributed by atoms with van der Waals surface area (Å²) in [7, 11) is 0. The first kappa shape index (κ1) is 15.9. The van der Waals surface area contributed by atoms with E-state index in [4.69, 9.17) is 0 Å². The molecule has 1 amide bonds. The number of hydrogen-bond donors (Lipinski definition) is 2. The molecule has 5 nitrogen and oxygen atoms in total. The van der Waals surface area contributed by atoms with E-state index in [0.29, 0.717) is 5.69 Å². The Morgan fingerprint density at radius 1 is 1.21 bits per heavy atom. The molecule has 122 valence electrons. The molecular formula is C19H19N3O2. The van der Waals surface area contributed by atoms with Crippen LogP contribution in [0.3, 0.4) is 0 Å². The van der Waals surface area contributed by atoms with E-state index < -0.39 is 11.7 Å². The molecule has 2 aromatic heterocycles. The Labute approximate surface area is 140 Å². The topological polar surface area (TPSA) is 74.8 Å². The summed E-state index contributed by atoms with van der Waals surface area (Å²) < 4.78 is 0. The molecule has 2 N–H and O–H groups in total. The number of pyridine rings is 1. The number of benzene rings is 1. The van der Waals surface area contributed by atoms with Gasteiger partial charge in [-0.1, -0.05) is 26.0 Å². The number of aromatic nitrogens is 2. The molecule has 5 heteroatoms. The van der Waals surface area contributed by atoms with Crippen molar-refractivity contribution >= 4 is 28.4 Å². The maximum Gasteiger partial charge on any atom is 0.291 e. The largest absolute Gasteiger partial charge is 0.346 e. The Bertz CT molecular complexity index is 896. The monoisotopic (exact) mass is 321 g/mol. The lowest BCUT2D eigenvalue weighted by Gasteiger charge is -2.08. The Morgan fingerprint density at radius 2 is 2.04 bits per heavy atom. The van der Waals surface area contributed by atoms with Gasteiger partial charge in [0.05, 0.1) is 0 Å². The van der Waals surface area contributed by atoms with Gasteiger partial charge in [-0.2, -0.15) is 0 Å². The van der Waals surface area contributed by atoms with E-state index in [0.717, 1.165) is 22.2 Å². The summed E-state index contributed by atoms with van der Waals surface area (Å²) >= 11 is 0. The molecule has 0 spiro atoms. The van der Waals surface area contributed by atoms with Gasteiger partial charge < -0.3 is 10.3 Å². The van der Waals surface area contributed by atoms with Crippen molar-refractivity contribution < 1.29 is 9.59 Å². The van der Waals surface area contributed by atoms with Crippen LogP contribution in [0.1, 0.15) is 20.3 Å². The van der Waals surface area contributed by atoms with Gasteiger partial charge in [-0.05, 0) is 35.7 Å². The first-order valence-electron chi connectivity index (χ1n) is 7.91. The van der Waals surface area contributed by atoms with Gasteiger partial charge in [-0.25, -0.2) is 4.98 Å². The van der Waals surface area contributed by atoms with Gasteiger partial charge in [0.2, 0.25) is 5.78 Å². The highest BCUT2D eigenvalue weighted by atomic mass is 16.2. The predicted octanol–water partition coefficient (Wildman–Crippen LogP) is 3.78. The predicted molar refractivity (Wildman–Crippen MR) is 94.6 cm³/mol. The molecule has 0 saturated carbocycles. The zero-order valence-corrected chi connectivity index (χ0v) is 13.7. The molecule has 0 radical (unpaired) electrons. The van der Waals surface area contributed by atoms with Crippen LogP contribution < -0.4 is 5.32 Å². The van der Waals surface area contributed by atoms with Crippen LogP contribution in [0.4, 0.5) is 5.69 Å². The fraction of sp³-hybridized carbons (Fsp3) is 0.211. The number of Topliss-reactive ketones (excluding diaryl/α,β-unsaturated/α-hetero) is 1. The summed E-state index contributed by atoms with van der Waals surface area (Å²) in [6, 6.07) is 11.3. The van der Waals surface area contributed by atoms with E-state index in [1.54, 1.807) is 12.3 Å². The molecule has 0 unspecified atom stereocenters. The third-order valence-corrected chi connectivity index (χ3v) is 3.73. The Kier molecular flexibility index (Phi) is 4.42. The Morgan fingerprint density at radius 3 is 2.83 bits per heavy atom. The average molecular weight is 321 g/mol. The fourth-order valence-corrected chi connectivity index (χ4v) is 2.62. The molecule has 0 aliphatic heterocycles. The van der Waals surface area contributed by atoms with Gasteiger partial charge in [0.25, 0.3) is 5.91 Å². The van der Waals surface area contributed by atoms with Crippen LogP contribution in [0.15, 0.2) is 48.8 Å². The zero-order chi connectivity index (χ0) is 17.1. The summed E-state index contributed by atoms with van der Waals surface area (Å²) in [5.41, 5.74) is 3.37. The van der Waals surface area contributed by atoms with Crippen LogP contribution in [0, 0.1) is 5.92 Å². The first-order valence-corrected chi connectivity index (χ1v) is 7.91. The molecule has 24 heavy (non-hydrogen) atoms. The summed E-state index contributed by atoms with van der Waals surface area (Å²) in [6.07, 6.45) is 3.88. The molecule has 3 aromatic rings. The zero-order valence-electron chi connectivity index (χ0n) is 13.7. The molecule has 0 saturated heterocycles. The lowest BCUT2D eigenvalue weighted by atomic mass is 10.0. The van der Waals surface area contributed by atoms with Crippen LogP contribution in [-0.4, -0.2) is 21.7 Å². The molecule has 2 heterocycles. The minimum Gasteiger partial charge on any atom is -0.346 e. The number of carbonyl (C=O) groups excluding carboxylic acids is 2. The van der Waals surface area contributed by atoms with E-state index in [9.17, 15) is 9.59 Å². The maximum absolute atomic E-state index is 12.0. The molecule has 3 rings (SSSR count). The van der Waals surface area contributed by atoms with E-state index in [1.165, 1.54) is 0 Å². The van der Waals surface area contributed by atoms with Crippen molar-refractivity contribution in [1.82, 2.24) is 9.97 Å². The van der Waals surface area contributed by atoms with E-state index in [2.05, 4.69) is 15.3 Å². The number of H-pyrrole nitrogens is 1. The van der Waals surface area contributed by atoms with Crippen molar-refractivity contribution in [2.45, 2.75) is 20.3 Å². The second-order valence-corrected chi connectivity index (χ2v) is 6.16. The number of rotatable bonds is 5. The van der Waals surface area contributed by atoms with Crippen LogP contribution >= 0.6 is 0 Å². The molecular weight excluding hydrogens is 302 g/mol. The molecule has 1 aromatic carbocycles. The van der Waals surface area contributed by atoms with E-state index in [1.807, 2.05) is 50.4 Å². The number of nitrogens with one attached hydrogen (secondary N) is 2. The third-order valence-electron chi connectivity index (χ3n) is 3.73. The summed E-state index contributed by atoms with van der Waals surface area (Å²) in [4.78, 5) is 31.2. The van der Waals surface area contributed by atoms with Gasteiger partial charge in [0.15, 0.2) is 0 Å². The van der Waals surface area contributed by atoms with Crippen molar-refractivity contribution in [1.29, 1.82) is 0 Å². The summed E-state index contributed by atoms with van der Waals surface area (Å²) in [5.74, 6) is -0.804. The number of aromatic amines is 1. The molecule has 0 atom stereocenters. The number of carbonyl (C=O) groups is 2. The highest BCUT2D eigenvalue weighted by Gasteiger charge is 2.15. The highest BCUT2D eigenvalue weighted by molar-refractivity contribution is 6.40. The third kappa shape index (κ3) is 3.35. The Balaban J connectivity index is 1.85. The lowest BCUT2D eigenvalue weighted by Crippen LogP contribution is -2.23. The smallest absolute Gasteiger partial charge is 0.291 e. The average Bonchev–Trinajstić information content (AvgIpc) is 2.98. The quantitative estimate of drug-likeness (QED) is 0.702. The van der Waals surface area contributed by atoms with E-state index in [-0.39, 0.29) is 12.3 Å². The van der Waals surface area contributed by atoms with Gasteiger partial charge >= 0.3 is 0 Å². The summed E-state index contributed by atoms with van der Waals surface area (Å²) in [6.45, 7) is 3.83. The van der Waals surface area contributed by atoms with Crippen molar-refractivity contribution in [3.8, 4) is 11.1 Å². The minimum absolute atomic E-state index is 0.160. The van der Waals surface area contributed by atoms with Crippen molar-refractivity contribution in [2.75, 3.05) is 5.32 Å². The molecule has 0 bridgehead atoms. The molecule has 0 fully saturated rings. The SMILES string of the molecule is CC(C)CC(=O)C(=O)Nc1cccc(-c2c[nH]c3ncccc23)c1. The highest BCUT2D eigenvalue weighted by Crippen LogP contribution is 2.29. The van der Waals surface area contributed by atoms with Crippen molar-refractivity contribution in [3.05, 3.63) is 48.8 Å². The molecule has 0 aliphatic carbocycles. The van der Waals surface area contributed by atoms with E-state index >= 15 is 0 Å². The van der Waals surface area contributed by atoms with Crippen LogP contribution in [0.5, 0.6) is 0 Å². The number of nitrogens with zero attached hydrogens (tertiary/aromatic N) is 1. The first-order chi connectivity index (χ1) is 11.5.